The minimum absolute atomic E-state index is 0.0123. The number of esters is 1. The van der Waals surface area contributed by atoms with Gasteiger partial charge in [0.2, 0.25) is 0 Å². The number of thiazole rings is 1. The lowest BCUT2D eigenvalue weighted by molar-refractivity contribution is 0.0286. The molecule has 0 aliphatic rings. The highest BCUT2D eigenvalue weighted by Crippen LogP contribution is 2.30. The molecule has 0 saturated heterocycles. The molecule has 5 nitrogen and oxygen atoms in total. The van der Waals surface area contributed by atoms with Gasteiger partial charge in [0.05, 0.1) is 10.2 Å². The van der Waals surface area contributed by atoms with Crippen molar-refractivity contribution in [3.63, 3.8) is 0 Å². The first-order chi connectivity index (χ1) is 10.1. The van der Waals surface area contributed by atoms with Crippen molar-refractivity contribution in [2.45, 2.75) is 25.9 Å². The first kappa shape index (κ1) is 13.8. The number of rotatable bonds is 4. The number of oxazole rings is 1. The molecular weight excluding hydrogens is 288 g/mol. The Morgan fingerprint density at radius 3 is 2.86 bits per heavy atom. The third kappa shape index (κ3) is 2.80. The fraction of sp³-hybridized carbons (Fsp3) is 0.267. The van der Waals surface area contributed by atoms with Crippen LogP contribution in [-0.2, 0) is 4.74 Å². The van der Waals surface area contributed by atoms with E-state index in [1.54, 1.807) is 11.3 Å². The van der Waals surface area contributed by atoms with Crippen LogP contribution in [-0.4, -0.2) is 22.0 Å². The average Bonchev–Trinajstić information content (AvgIpc) is 3.15. The van der Waals surface area contributed by atoms with Crippen LogP contribution in [0.3, 0.4) is 0 Å². The summed E-state index contributed by atoms with van der Waals surface area (Å²) in [5.74, 6) is -0.470. The number of carbonyl (C=O) groups excluding carboxylic acids is 1. The monoisotopic (exact) mass is 302 g/mol. The van der Waals surface area contributed by atoms with Gasteiger partial charge in [0.15, 0.2) is 12.1 Å². The van der Waals surface area contributed by atoms with Gasteiger partial charge in [-0.05, 0) is 19.1 Å². The van der Waals surface area contributed by atoms with Gasteiger partial charge in [0.25, 0.3) is 0 Å². The molecule has 0 bridgehead atoms. The van der Waals surface area contributed by atoms with Gasteiger partial charge in [-0.1, -0.05) is 19.1 Å². The van der Waals surface area contributed by atoms with Gasteiger partial charge >= 0.3 is 5.97 Å². The maximum atomic E-state index is 11.9. The van der Waals surface area contributed by atoms with Crippen LogP contribution >= 0.6 is 11.3 Å². The van der Waals surface area contributed by atoms with Crippen molar-refractivity contribution in [2.24, 2.45) is 0 Å². The molecule has 0 N–H and O–H groups in total. The number of nitrogens with zero attached hydrogens (tertiary/aromatic N) is 2. The van der Waals surface area contributed by atoms with Gasteiger partial charge < -0.3 is 9.15 Å². The zero-order valence-corrected chi connectivity index (χ0v) is 12.5. The first-order valence-corrected chi connectivity index (χ1v) is 7.41. The number of aromatic nitrogens is 2. The topological polar surface area (TPSA) is 65.2 Å². The zero-order chi connectivity index (χ0) is 14.8. The highest BCUT2D eigenvalue weighted by molar-refractivity contribution is 7.18. The van der Waals surface area contributed by atoms with E-state index in [0.29, 0.717) is 0 Å². The lowest BCUT2D eigenvalue weighted by atomic mass is 10.1. The van der Waals surface area contributed by atoms with Crippen molar-refractivity contribution in [1.29, 1.82) is 0 Å². The predicted octanol–water partition coefficient (Wildman–Crippen LogP) is 3.63. The molecular formula is C15H14N2O3S. The molecule has 2 atom stereocenters. The average molecular weight is 302 g/mol. The van der Waals surface area contributed by atoms with Crippen molar-refractivity contribution in [3.05, 3.63) is 47.6 Å². The Hall–Kier alpha value is -2.21. The minimum atomic E-state index is -0.482. The van der Waals surface area contributed by atoms with E-state index in [-0.39, 0.29) is 17.7 Å². The molecule has 3 aromatic rings. The van der Waals surface area contributed by atoms with Gasteiger partial charge in [0, 0.05) is 5.92 Å². The number of benzene rings is 1. The van der Waals surface area contributed by atoms with Crippen LogP contribution in [0.15, 0.2) is 41.3 Å². The fourth-order valence-electron chi connectivity index (χ4n) is 1.93. The van der Waals surface area contributed by atoms with E-state index in [4.69, 9.17) is 9.15 Å². The van der Waals surface area contributed by atoms with Crippen molar-refractivity contribution >= 4 is 27.5 Å². The number of fused-ring (bicyclic) bond motifs is 1. The summed E-state index contributed by atoms with van der Waals surface area (Å²) in [5, 5.41) is 0.955. The van der Waals surface area contributed by atoms with Gasteiger partial charge in [-0.2, -0.15) is 0 Å². The molecule has 0 saturated carbocycles. The van der Waals surface area contributed by atoms with Crippen LogP contribution in [0.2, 0.25) is 0 Å². The number of hydrogen-bond acceptors (Lipinski definition) is 6. The highest BCUT2D eigenvalue weighted by atomic mass is 32.1. The second-order valence-electron chi connectivity index (χ2n) is 4.79. The fourth-order valence-corrected chi connectivity index (χ4v) is 3.04. The summed E-state index contributed by atoms with van der Waals surface area (Å²) in [6, 6.07) is 7.97. The van der Waals surface area contributed by atoms with Crippen molar-refractivity contribution in [2.75, 3.05) is 0 Å². The third-order valence-electron chi connectivity index (χ3n) is 3.34. The Bertz CT molecular complexity index is 718. The Morgan fingerprint density at radius 2 is 2.14 bits per heavy atom. The van der Waals surface area contributed by atoms with Gasteiger partial charge in [0.1, 0.15) is 17.4 Å². The van der Waals surface area contributed by atoms with Crippen LogP contribution in [0, 0.1) is 0 Å². The third-order valence-corrected chi connectivity index (χ3v) is 4.58. The molecule has 0 amide bonds. The Morgan fingerprint density at radius 1 is 1.33 bits per heavy atom. The Kier molecular flexibility index (Phi) is 3.70. The van der Waals surface area contributed by atoms with E-state index >= 15 is 0 Å². The van der Waals surface area contributed by atoms with Crippen LogP contribution in [0.5, 0.6) is 0 Å². The Balaban J connectivity index is 1.74. The lowest BCUT2D eigenvalue weighted by Crippen LogP contribution is -2.21. The van der Waals surface area contributed by atoms with Crippen LogP contribution < -0.4 is 0 Å². The molecule has 0 fully saturated rings. The first-order valence-electron chi connectivity index (χ1n) is 6.60. The van der Waals surface area contributed by atoms with Crippen LogP contribution in [0.1, 0.15) is 35.3 Å². The van der Waals surface area contributed by atoms with Gasteiger partial charge in [-0.25, -0.2) is 14.8 Å². The molecule has 0 aliphatic carbocycles. The van der Waals surface area contributed by atoms with E-state index in [0.717, 1.165) is 15.2 Å². The molecule has 2 heterocycles. The normalized spacial score (nSPS) is 14.0. The van der Waals surface area contributed by atoms with Gasteiger partial charge in [-0.3, -0.25) is 0 Å². The van der Waals surface area contributed by atoms with Crippen molar-refractivity contribution in [1.82, 2.24) is 9.97 Å². The summed E-state index contributed by atoms with van der Waals surface area (Å²) in [5.41, 5.74) is 1.15. The summed E-state index contributed by atoms with van der Waals surface area (Å²) in [4.78, 5) is 20.2. The van der Waals surface area contributed by atoms with E-state index < -0.39 is 5.97 Å². The van der Waals surface area contributed by atoms with E-state index in [2.05, 4.69) is 9.97 Å². The molecule has 1 aromatic carbocycles. The van der Waals surface area contributed by atoms with Gasteiger partial charge in [-0.15, -0.1) is 11.3 Å². The standard InChI is InChI=1S/C15H14N2O3S/c1-9(10(2)20-15(18)12-7-19-8-16-12)14-17-11-5-3-4-6-13(11)21-14/h3-10H,1-2H3. The van der Waals surface area contributed by atoms with E-state index in [1.807, 2.05) is 38.1 Å². The number of carbonyl (C=O) groups is 1. The van der Waals surface area contributed by atoms with Crippen LogP contribution in [0.4, 0.5) is 0 Å². The number of para-hydroxylation sites is 1. The number of ether oxygens (including phenoxy) is 1. The quantitative estimate of drug-likeness (QED) is 0.688. The highest BCUT2D eigenvalue weighted by Gasteiger charge is 2.23. The summed E-state index contributed by atoms with van der Waals surface area (Å²) in [6.45, 7) is 3.85. The molecule has 3 rings (SSSR count). The second-order valence-corrected chi connectivity index (χ2v) is 5.85. The summed E-state index contributed by atoms with van der Waals surface area (Å²) < 4.78 is 11.3. The van der Waals surface area contributed by atoms with E-state index in [1.165, 1.54) is 12.7 Å². The molecule has 108 valence electrons. The largest absolute Gasteiger partial charge is 0.457 e. The second kappa shape index (κ2) is 5.65. The maximum Gasteiger partial charge on any atom is 0.360 e. The molecule has 0 spiro atoms. The zero-order valence-electron chi connectivity index (χ0n) is 11.6. The maximum absolute atomic E-state index is 11.9. The predicted molar refractivity (Wildman–Crippen MR) is 79.4 cm³/mol. The summed E-state index contributed by atoms with van der Waals surface area (Å²) in [7, 11) is 0. The molecule has 2 unspecified atom stereocenters. The van der Waals surface area contributed by atoms with E-state index in [9.17, 15) is 4.79 Å². The minimum Gasteiger partial charge on any atom is -0.457 e. The summed E-state index contributed by atoms with van der Waals surface area (Å²) >= 11 is 1.62. The SMILES string of the molecule is CC(OC(=O)c1cocn1)C(C)c1nc2ccccc2s1. The van der Waals surface area contributed by atoms with Crippen molar-refractivity contribution < 1.29 is 13.9 Å². The molecule has 2 aromatic heterocycles. The summed E-state index contributed by atoms with van der Waals surface area (Å²) in [6.07, 6.45) is 2.19. The smallest absolute Gasteiger partial charge is 0.360 e. The molecule has 6 heteroatoms. The number of hydrogen-bond donors (Lipinski definition) is 0. The Labute approximate surface area is 125 Å². The lowest BCUT2D eigenvalue weighted by Gasteiger charge is -2.17. The molecule has 0 aliphatic heterocycles. The molecule has 0 radical (unpaired) electrons. The van der Waals surface area contributed by atoms with Crippen LogP contribution in [0.25, 0.3) is 10.2 Å². The van der Waals surface area contributed by atoms with Crippen molar-refractivity contribution in [3.8, 4) is 0 Å². The molecule has 21 heavy (non-hydrogen) atoms.